The largest absolute Gasteiger partial charge is 0.493 e. The highest BCUT2D eigenvalue weighted by atomic mass is 16.5. The number of aryl methyl sites for hydroxylation is 1. The Hall–Kier alpha value is -1.06. The van der Waals surface area contributed by atoms with E-state index in [1.165, 1.54) is 11.1 Å². The molecule has 2 rings (SSSR count). The predicted octanol–water partition coefficient (Wildman–Crippen LogP) is 1.02. The van der Waals surface area contributed by atoms with Crippen molar-refractivity contribution in [2.24, 2.45) is 5.73 Å². The van der Waals surface area contributed by atoms with Crippen LogP contribution in [0.25, 0.3) is 0 Å². The molecule has 0 fully saturated rings. The second kappa shape index (κ2) is 4.44. The van der Waals surface area contributed by atoms with E-state index in [9.17, 15) is 0 Å². The smallest absolute Gasteiger partial charge is 0.122 e. The maximum absolute atomic E-state index is 5.54. The summed E-state index contributed by atoms with van der Waals surface area (Å²) >= 11 is 0. The van der Waals surface area contributed by atoms with Crippen LogP contribution in [0, 0.1) is 0 Å². The lowest BCUT2D eigenvalue weighted by Crippen LogP contribution is -2.21. The first kappa shape index (κ1) is 9.49. The van der Waals surface area contributed by atoms with Crippen LogP contribution < -0.4 is 15.8 Å². The Bertz CT molecular complexity index is 312. The van der Waals surface area contributed by atoms with Crippen molar-refractivity contribution in [2.75, 3.05) is 13.3 Å². The monoisotopic (exact) mass is 192 g/mol. The fraction of sp³-hybridized carbons (Fsp3) is 0.455. The maximum Gasteiger partial charge on any atom is 0.122 e. The van der Waals surface area contributed by atoms with Crippen molar-refractivity contribution >= 4 is 0 Å². The van der Waals surface area contributed by atoms with Gasteiger partial charge < -0.3 is 15.8 Å². The Kier molecular flexibility index (Phi) is 3.01. The molecule has 0 radical (unpaired) electrons. The third kappa shape index (κ3) is 2.05. The number of nitrogens with one attached hydrogen (secondary N) is 1. The molecule has 76 valence electrons. The molecular formula is C11H16N2O. The molecular weight excluding hydrogens is 176 g/mol. The van der Waals surface area contributed by atoms with E-state index in [2.05, 4.69) is 23.5 Å². The Morgan fingerprint density at radius 2 is 2.36 bits per heavy atom. The van der Waals surface area contributed by atoms with E-state index >= 15 is 0 Å². The standard InChI is InChI=1S/C11H16N2O/c12-8-13-7-9-3-4-11-10(6-9)2-1-5-14-11/h3-4,6,13H,1-2,5,7-8,12H2. The molecule has 0 aromatic heterocycles. The predicted molar refractivity (Wildman–Crippen MR) is 56.2 cm³/mol. The van der Waals surface area contributed by atoms with Crippen molar-refractivity contribution in [3.05, 3.63) is 29.3 Å². The van der Waals surface area contributed by atoms with Crippen LogP contribution in [0.3, 0.4) is 0 Å². The maximum atomic E-state index is 5.54. The van der Waals surface area contributed by atoms with Crippen molar-refractivity contribution in [1.82, 2.24) is 5.32 Å². The van der Waals surface area contributed by atoms with Gasteiger partial charge >= 0.3 is 0 Å². The highest BCUT2D eigenvalue weighted by Crippen LogP contribution is 2.25. The van der Waals surface area contributed by atoms with Gasteiger partial charge in [0.15, 0.2) is 0 Å². The summed E-state index contributed by atoms with van der Waals surface area (Å²) < 4.78 is 5.54. The summed E-state index contributed by atoms with van der Waals surface area (Å²) in [5.74, 6) is 1.05. The van der Waals surface area contributed by atoms with Crippen molar-refractivity contribution in [1.29, 1.82) is 0 Å². The van der Waals surface area contributed by atoms with Gasteiger partial charge in [0.25, 0.3) is 0 Å². The zero-order valence-electron chi connectivity index (χ0n) is 8.25. The minimum atomic E-state index is 0.521. The molecule has 0 saturated heterocycles. The topological polar surface area (TPSA) is 47.3 Å². The van der Waals surface area contributed by atoms with Crippen molar-refractivity contribution in [3.8, 4) is 5.75 Å². The van der Waals surface area contributed by atoms with E-state index in [0.29, 0.717) is 6.67 Å². The zero-order valence-corrected chi connectivity index (χ0v) is 8.25. The van der Waals surface area contributed by atoms with Gasteiger partial charge in [0.1, 0.15) is 5.75 Å². The summed E-state index contributed by atoms with van der Waals surface area (Å²) in [6, 6.07) is 6.35. The summed E-state index contributed by atoms with van der Waals surface area (Å²) in [5, 5.41) is 3.11. The van der Waals surface area contributed by atoms with Crippen LogP contribution in [-0.2, 0) is 13.0 Å². The molecule has 0 spiro atoms. The van der Waals surface area contributed by atoms with Crippen LogP contribution in [0.4, 0.5) is 0 Å². The summed E-state index contributed by atoms with van der Waals surface area (Å²) in [7, 11) is 0. The second-order valence-corrected chi connectivity index (χ2v) is 3.52. The Balaban J connectivity index is 2.12. The molecule has 1 aliphatic rings. The van der Waals surface area contributed by atoms with Crippen LogP contribution >= 0.6 is 0 Å². The minimum Gasteiger partial charge on any atom is -0.493 e. The summed E-state index contributed by atoms with van der Waals surface area (Å²) in [4.78, 5) is 0. The highest BCUT2D eigenvalue weighted by molar-refractivity contribution is 5.38. The molecule has 0 amide bonds. The average molecular weight is 192 g/mol. The molecule has 1 aliphatic heterocycles. The van der Waals surface area contributed by atoms with Crippen LogP contribution in [0.2, 0.25) is 0 Å². The van der Waals surface area contributed by atoms with E-state index in [1.807, 2.05) is 0 Å². The van der Waals surface area contributed by atoms with Gasteiger partial charge in [0.05, 0.1) is 6.61 Å². The lowest BCUT2D eigenvalue weighted by atomic mass is 10.0. The molecule has 0 bridgehead atoms. The molecule has 0 saturated carbocycles. The first-order chi connectivity index (χ1) is 6.90. The SMILES string of the molecule is NCNCc1ccc2c(c1)CCCO2. The number of hydrogen-bond acceptors (Lipinski definition) is 3. The molecule has 3 heteroatoms. The fourth-order valence-corrected chi connectivity index (χ4v) is 1.74. The number of rotatable bonds is 3. The van der Waals surface area contributed by atoms with Crippen LogP contribution in [0.1, 0.15) is 17.5 Å². The summed E-state index contributed by atoms with van der Waals surface area (Å²) in [5.41, 5.74) is 7.98. The minimum absolute atomic E-state index is 0.521. The van der Waals surface area contributed by atoms with E-state index < -0.39 is 0 Å². The Morgan fingerprint density at radius 3 is 3.21 bits per heavy atom. The number of ether oxygens (including phenoxy) is 1. The normalized spacial score (nSPS) is 14.6. The second-order valence-electron chi connectivity index (χ2n) is 3.52. The zero-order chi connectivity index (χ0) is 9.80. The fourth-order valence-electron chi connectivity index (χ4n) is 1.74. The van der Waals surface area contributed by atoms with Gasteiger partial charge in [-0.25, -0.2) is 0 Å². The van der Waals surface area contributed by atoms with Crippen molar-refractivity contribution < 1.29 is 4.74 Å². The summed E-state index contributed by atoms with van der Waals surface area (Å²) in [6.45, 7) is 2.21. The van der Waals surface area contributed by atoms with E-state index in [4.69, 9.17) is 10.5 Å². The molecule has 0 unspecified atom stereocenters. The van der Waals surface area contributed by atoms with Crippen LogP contribution in [0.5, 0.6) is 5.75 Å². The van der Waals surface area contributed by atoms with Crippen molar-refractivity contribution in [2.45, 2.75) is 19.4 Å². The average Bonchev–Trinajstić information content (AvgIpc) is 2.26. The van der Waals surface area contributed by atoms with E-state index in [1.54, 1.807) is 0 Å². The lowest BCUT2D eigenvalue weighted by Gasteiger charge is -2.17. The van der Waals surface area contributed by atoms with Gasteiger partial charge in [-0.2, -0.15) is 0 Å². The van der Waals surface area contributed by atoms with Crippen molar-refractivity contribution in [3.63, 3.8) is 0 Å². The molecule has 3 N–H and O–H groups in total. The van der Waals surface area contributed by atoms with Gasteiger partial charge in [0, 0.05) is 13.2 Å². The van der Waals surface area contributed by atoms with E-state index in [-0.39, 0.29) is 0 Å². The van der Waals surface area contributed by atoms with Crippen LogP contribution in [-0.4, -0.2) is 13.3 Å². The highest BCUT2D eigenvalue weighted by Gasteiger charge is 2.09. The first-order valence-electron chi connectivity index (χ1n) is 5.05. The molecule has 0 aliphatic carbocycles. The Morgan fingerprint density at radius 1 is 1.43 bits per heavy atom. The molecule has 1 aromatic carbocycles. The third-order valence-electron chi connectivity index (χ3n) is 2.45. The van der Waals surface area contributed by atoms with E-state index in [0.717, 1.165) is 31.7 Å². The third-order valence-corrected chi connectivity index (χ3v) is 2.45. The molecule has 3 nitrogen and oxygen atoms in total. The number of nitrogens with two attached hydrogens (primary N) is 1. The lowest BCUT2D eigenvalue weighted by molar-refractivity contribution is 0.288. The molecule has 14 heavy (non-hydrogen) atoms. The first-order valence-corrected chi connectivity index (χ1v) is 5.05. The summed E-state index contributed by atoms with van der Waals surface area (Å²) in [6.07, 6.45) is 2.26. The van der Waals surface area contributed by atoms with Gasteiger partial charge in [-0.05, 0) is 30.0 Å². The van der Waals surface area contributed by atoms with Gasteiger partial charge in [-0.15, -0.1) is 0 Å². The molecule has 1 aromatic rings. The van der Waals surface area contributed by atoms with Crippen LogP contribution in [0.15, 0.2) is 18.2 Å². The van der Waals surface area contributed by atoms with Gasteiger partial charge in [-0.3, -0.25) is 0 Å². The number of benzene rings is 1. The quantitative estimate of drug-likeness (QED) is 0.703. The molecule has 1 heterocycles. The number of fused-ring (bicyclic) bond motifs is 1. The van der Waals surface area contributed by atoms with Gasteiger partial charge in [-0.1, -0.05) is 12.1 Å². The Labute approximate surface area is 84.3 Å². The molecule has 0 atom stereocenters. The number of hydrogen-bond donors (Lipinski definition) is 2. The van der Waals surface area contributed by atoms with Gasteiger partial charge in [0.2, 0.25) is 0 Å².